The van der Waals surface area contributed by atoms with Crippen molar-refractivity contribution in [2.45, 2.75) is 58.3 Å². The number of anilines is 1. The molecule has 0 aliphatic carbocycles. The summed E-state index contributed by atoms with van der Waals surface area (Å²) < 4.78 is 0. The van der Waals surface area contributed by atoms with Crippen LogP contribution in [-0.2, 0) is 4.79 Å². The van der Waals surface area contributed by atoms with Crippen molar-refractivity contribution in [2.24, 2.45) is 0 Å². The van der Waals surface area contributed by atoms with Crippen molar-refractivity contribution >= 4 is 17.5 Å². The molecule has 1 aliphatic rings. The van der Waals surface area contributed by atoms with E-state index in [1.807, 2.05) is 0 Å². The molecule has 4 heteroatoms. The molecule has 1 aromatic heterocycles. The molecule has 0 fully saturated rings. The third-order valence-electron chi connectivity index (χ3n) is 3.96. The molecular formula is C17H24N2O2. The van der Waals surface area contributed by atoms with Crippen LogP contribution in [0.3, 0.4) is 0 Å². The monoisotopic (exact) mass is 288 g/mol. The number of carbonyl (C=O) groups excluding carboxylic acids is 2. The number of unbranched alkanes of at least 4 members (excludes halogenated alkanes) is 7. The van der Waals surface area contributed by atoms with Gasteiger partial charge in [0.05, 0.1) is 5.56 Å². The van der Waals surface area contributed by atoms with E-state index in [-0.39, 0.29) is 0 Å². The molecule has 0 bridgehead atoms. The molecule has 1 amide bonds. The van der Waals surface area contributed by atoms with Crippen LogP contribution in [-0.4, -0.2) is 23.2 Å². The predicted octanol–water partition coefficient (Wildman–Crippen LogP) is 3.75. The van der Waals surface area contributed by atoms with Gasteiger partial charge in [-0.2, -0.15) is 0 Å². The lowest BCUT2D eigenvalue weighted by Gasteiger charge is -2.14. The maximum atomic E-state index is 11.9. The first kappa shape index (κ1) is 15.7. The molecule has 0 saturated heterocycles. The molecule has 0 aromatic carbocycles. The fraction of sp³-hybridized carbons (Fsp3) is 0.588. The highest BCUT2D eigenvalue weighted by Gasteiger charge is 2.36. The molecule has 0 spiro atoms. The molecule has 0 saturated carbocycles. The molecule has 2 heterocycles. The second-order valence-electron chi connectivity index (χ2n) is 5.64. The predicted molar refractivity (Wildman–Crippen MR) is 83.5 cm³/mol. The van der Waals surface area contributed by atoms with Crippen molar-refractivity contribution in [3.63, 3.8) is 0 Å². The molecule has 1 aromatic rings. The van der Waals surface area contributed by atoms with E-state index < -0.39 is 11.7 Å². The molecular weight excluding hydrogens is 264 g/mol. The van der Waals surface area contributed by atoms with Gasteiger partial charge in [0.2, 0.25) is 0 Å². The van der Waals surface area contributed by atoms with Crippen LogP contribution < -0.4 is 4.90 Å². The molecule has 114 valence electrons. The minimum absolute atomic E-state index is 0.419. The zero-order valence-corrected chi connectivity index (χ0v) is 12.8. The van der Waals surface area contributed by atoms with E-state index in [1.54, 1.807) is 18.3 Å². The number of pyridine rings is 1. The standard InChI is InChI=1S/C17H24N2O2/c1-2-3-4-5-6-7-8-9-13-19-16-14(11-10-12-18-16)15(20)17(19)21/h10-12H,2-9,13H2,1H3. The van der Waals surface area contributed by atoms with Crippen molar-refractivity contribution in [2.75, 3.05) is 11.4 Å². The van der Waals surface area contributed by atoms with Gasteiger partial charge in [0.1, 0.15) is 5.82 Å². The SMILES string of the molecule is CCCCCCCCCCN1C(=O)C(=O)c2cccnc21. The van der Waals surface area contributed by atoms with Crippen LogP contribution in [0.15, 0.2) is 18.3 Å². The summed E-state index contributed by atoms with van der Waals surface area (Å²) in [7, 11) is 0. The van der Waals surface area contributed by atoms with Crippen LogP contribution in [0, 0.1) is 0 Å². The number of Topliss-reactive ketones (excluding diaryl/α,β-unsaturated/α-hetero) is 1. The van der Waals surface area contributed by atoms with E-state index in [2.05, 4.69) is 11.9 Å². The molecule has 0 unspecified atom stereocenters. The van der Waals surface area contributed by atoms with Gasteiger partial charge in [-0.05, 0) is 18.6 Å². The normalized spacial score (nSPS) is 13.9. The summed E-state index contributed by atoms with van der Waals surface area (Å²) >= 11 is 0. The van der Waals surface area contributed by atoms with E-state index in [0.717, 1.165) is 12.8 Å². The maximum Gasteiger partial charge on any atom is 0.300 e. The third kappa shape index (κ3) is 3.90. The molecule has 0 N–H and O–H groups in total. The van der Waals surface area contributed by atoms with Crippen molar-refractivity contribution in [3.05, 3.63) is 23.9 Å². The van der Waals surface area contributed by atoms with Gasteiger partial charge in [0.15, 0.2) is 0 Å². The highest BCUT2D eigenvalue weighted by Crippen LogP contribution is 2.26. The molecule has 1 aliphatic heterocycles. The Labute approximate surface area is 126 Å². The first-order chi connectivity index (χ1) is 10.3. The van der Waals surface area contributed by atoms with Crippen molar-refractivity contribution in [1.29, 1.82) is 0 Å². The number of hydrogen-bond donors (Lipinski definition) is 0. The van der Waals surface area contributed by atoms with Gasteiger partial charge < -0.3 is 0 Å². The van der Waals surface area contributed by atoms with Gasteiger partial charge in [0, 0.05) is 12.7 Å². The Balaban J connectivity index is 1.72. The van der Waals surface area contributed by atoms with E-state index >= 15 is 0 Å². The minimum atomic E-state index is -0.424. The molecule has 4 nitrogen and oxygen atoms in total. The van der Waals surface area contributed by atoms with Crippen LogP contribution in [0.2, 0.25) is 0 Å². The average Bonchev–Trinajstić information content (AvgIpc) is 2.75. The van der Waals surface area contributed by atoms with Crippen LogP contribution in [0.4, 0.5) is 5.82 Å². The van der Waals surface area contributed by atoms with Gasteiger partial charge in [-0.3, -0.25) is 14.5 Å². The Morgan fingerprint density at radius 3 is 2.38 bits per heavy atom. The maximum absolute atomic E-state index is 11.9. The Morgan fingerprint density at radius 1 is 1.00 bits per heavy atom. The third-order valence-corrected chi connectivity index (χ3v) is 3.96. The number of hydrogen-bond acceptors (Lipinski definition) is 3. The van der Waals surface area contributed by atoms with Gasteiger partial charge in [0.25, 0.3) is 5.78 Å². The average molecular weight is 288 g/mol. The Hall–Kier alpha value is -1.71. The number of rotatable bonds is 9. The lowest BCUT2D eigenvalue weighted by molar-refractivity contribution is -0.114. The van der Waals surface area contributed by atoms with Gasteiger partial charge >= 0.3 is 5.91 Å². The summed E-state index contributed by atoms with van der Waals surface area (Å²) in [4.78, 5) is 29.5. The second kappa shape index (κ2) is 7.91. The number of nitrogens with zero attached hydrogens (tertiary/aromatic N) is 2. The summed E-state index contributed by atoms with van der Waals surface area (Å²) in [6, 6.07) is 3.38. The zero-order valence-electron chi connectivity index (χ0n) is 12.8. The van der Waals surface area contributed by atoms with Crippen molar-refractivity contribution in [1.82, 2.24) is 4.98 Å². The zero-order chi connectivity index (χ0) is 15.1. The van der Waals surface area contributed by atoms with Gasteiger partial charge in [-0.15, -0.1) is 0 Å². The highest BCUT2D eigenvalue weighted by molar-refractivity contribution is 6.51. The Bertz CT molecular complexity index is 499. The smallest absolute Gasteiger partial charge is 0.289 e. The lowest BCUT2D eigenvalue weighted by Crippen LogP contribution is -2.31. The number of fused-ring (bicyclic) bond motifs is 1. The second-order valence-corrected chi connectivity index (χ2v) is 5.64. The van der Waals surface area contributed by atoms with E-state index in [1.165, 1.54) is 43.4 Å². The molecule has 2 rings (SSSR count). The number of carbonyl (C=O) groups is 2. The van der Waals surface area contributed by atoms with Crippen LogP contribution in [0.25, 0.3) is 0 Å². The van der Waals surface area contributed by atoms with E-state index in [4.69, 9.17) is 0 Å². The largest absolute Gasteiger partial charge is 0.300 e. The fourth-order valence-corrected chi connectivity index (χ4v) is 2.73. The summed E-state index contributed by atoms with van der Waals surface area (Å²) in [6.07, 6.45) is 11.4. The highest BCUT2D eigenvalue weighted by atomic mass is 16.2. The van der Waals surface area contributed by atoms with Crippen LogP contribution in [0.5, 0.6) is 0 Å². The number of ketones is 1. The summed E-state index contributed by atoms with van der Waals surface area (Å²) in [5.41, 5.74) is 0.446. The van der Waals surface area contributed by atoms with E-state index in [9.17, 15) is 9.59 Å². The first-order valence-electron chi connectivity index (χ1n) is 8.07. The minimum Gasteiger partial charge on any atom is -0.289 e. The molecule has 21 heavy (non-hydrogen) atoms. The summed E-state index contributed by atoms with van der Waals surface area (Å²) in [5, 5.41) is 0. The number of amides is 1. The summed E-state index contributed by atoms with van der Waals surface area (Å²) in [6.45, 7) is 2.82. The Morgan fingerprint density at radius 2 is 1.67 bits per heavy atom. The van der Waals surface area contributed by atoms with Crippen molar-refractivity contribution in [3.8, 4) is 0 Å². The molecule has 0 radical (unpaired) electrons. The van der Waals surface area contributed by atoms with Crippen LogP contribution in [0.1, 0.15) is 68.6 Å². The number of aromatic nitrogens is 1. The van der Waals surface area contributed by atoms with E-state index in [0.29, 0.717) is 17.9 Å². The molecule has 0 atom stereocenters. The summed E-state index contributed by atoms with van der Waals surface area (Å²) in [5.74, 6) is -0.306. The fourth-order valence-electron chi connectivity index (χ4n) is 2.73. The Kier molecular flexibility index (Phi) is 5.90. The van der Waals surface area contributed by atoms with Gasteiger partial charge in [-0.1, -0.05) is 51.9 Å². The lowest BCUT2D eigenvalue weighted by atomic mass is 10.1. The van der Waals surface area contributed by atoms with Crippen molar-refractivity contribution < 1.29 is 9.59 Å². The van der Waals surface area contributed by atoms with Crippen LogP contribution >= 0.6 is 0 Å². The van der Waals surface area contributed by atoms with Gasteiger partial charge in [-0.25, -0.2) is 4.98 Å². The first-order valence-corrected chi connectivity index (χ1v) is 8.07. The quantitative estimate of drug-likeness (QED) is 0.513. The topological polar surface area (TPSA) is 50.3 Å².